The summed E-state index contributed by atoms with van der Waals surface area (Å²) < 4.78 is 58.5. The summed E-state index contributed by atoms with van der Waals surface area (Å²) in [6, 6.07) is 6.45. The van der Waals surface area contributed by atoms with Crippen LogP contribution in [0, 0.1) is 0 Å². The molecule has 0 saturated heterocycles. The lowest BCUT2D eigenvalue weighted by atomic mass is 10.0. The highest BCUT2D eigenvalue weighted by molar-refractivity contribution is 7.72. The highest BCUT2D eigenvalue weighted by Crippen LogP contribution is 2.32. The molecule has 0 fully saturated rings. The summed E-state index contributed by atoms with van der Waals surface area (Å²) in [5.41, 5.74) is 0.194. The van der Waals surface area contributed by atoms with Crippen molar-refractivity contribution < 1.29 is 26.4 Å². The third-order valence-corrected chi connectivity index (χ3v) is 4.41. The van der Waals surface area contributed by atoms with Gasteiger partial charge < -0.3 is 10.6 Å². The number of nitrogens with one attached hydrogen (secondary N) is 2. The standard InChI is InChI=1S/C14H14F3N3O3S2/c1-8(12(21)18-7-25(22)23)9-2-4-10(5-3-9)19-13-20-11(6-24-13)14(15,16)17/h2-6,8,25H,7H2,1H3,(H,18,21)(H,19,20). The monoisotopic (exact) mass is 393 g/mol. The molecule has 0 spiro atoms. The molecule has 2 rings (SSSR count). The van der Waals surface area contributed by atoms with Crippen molar-refractivity contribution in [3.63, 3.8) is 0 Å². The molecule has 0 aliphatic heterocycles. The molecule has 1 aromatic heterocycles. The van der Waals surface area contributed by atoms with Crippen LogP contribution in [-0.2, 0) is 21.7 Å². The fourth-order valence-corrected chi connectivity index (χ4v) is 2.91. The number of nitrogens with zero attached hydrogens (tertiary/aromatic N) is 1. The van der Waals surface area contributed by atoms with Gasteiger partial charge in [-0.25, -0.2) is 13.4 Å². The number of halogens is 3. The molecule has 136 valence electrons. The zero-order valence-corrected chi connectivity index (χ0v) is 14.5. The summed E-state index contributed by atoms with van der Waals surface area (Å²) in [5.74, 6) is -1.43. The molecule has 0 radical (unpaired) electrons. The maximum Gasteiger partial charge on any atom is 0.434 e. The molecule has 11 heteroatoms. The normalized spacial score (nSPS) is 12.8. The second kappa shape index (κ2) is 7.83. The Hall–Kier alpha value is -2.14. The average molecular weight is 393 g/mol. The van der Waals surface area contributed by atoms with Gasteiger partial charge in [-0.1, -0.05) is 12.1 Å². The molecular weight excluding hydrogens is 379 g/mol. The summed E-state index contributed by atoms with van der Waals surface area (Å²) >= 11 is 0.832. The molecule has 1 unspecified atom stereocenters. The zero-order valence-electron chi connectivity index (χ0n) is 12.8. The number of aromatic nitrogens is 1. The van der Waals surface area contributed by atoms with Crippen molar-refractivity contribution in [1.29, 1.82) is 0 Å². The first-order valence-electron chi connectivity index (χ1n) is 6.96. The van der Waals surface area contributed by atoms with Gasteiger partial charge in [-0.05, 0) is 24.6 Å². The molecule has 2 N–H and O–H groups in total. The number of benzene rings is 1. The number of hydrogen-bond acceptors (Lipinski definition) is 6. The predicted octanol–water partition coefficient (Wildman–Crippen LogP) is 2.69. The summed E-state index contributed by atoms with van der Waals surface area (Å²) in [5, 5.41) is 6.07. The molecule has 0 bridgehead atoms. The van der Waals surface area contributed by atoms with Crippen LogP contribution < -0.4 is 10.6 Å². The maximum atomic E-state index is 12.5. The first-order chi connectivity index (χ1) is 11.7. The van der Waals surface area contributed by atoms with Gasteiger partial charge >= 0.3 is 6.18 Å². The van der Waals surface area contributed by atoms with E-state index in [0.717, 1.165) is 16.7 Å². The van der Waals surface area contributed by atoms with Crippen molar-refractivity contribution in [2.75, 3.05) is 11.2 Å². The van der Waals surface area contributed by atoms with E-state index in [0.29, 0.717) is 11.3 Å². The lowest BCUT2D eigenvalue weighted by molar-refractivity contribution is -0.140. The van der Waals surface area contributed by atoms with Gasteiger partial charge in [0.25, 0.3) is 0 Å². The van der Waals surface area contributed by atoms with Crippen LogP contribution in [0.15, 0.2) is 29.6 Å². The second-order valence-corrected chi connectivity index (χ2v) is 6.88. The molecule has 1 atom stereocenters. The van der Waals surface area contributed by atoms with E-state index >= 15 is 0 Å². The van der Waals surface area contributed by atoms with Crippen molar-refractivity contribution in [2.24, 2.45) is 0 Å². The van der Waals surface area contributed by atoms with E-state index in [2.05, 4.69) is 15.6 Å². The third-order valence-electron chi connectivity index (χ3n) is 3.23. The molecule has 1 aromatic carbocycles. The highest BCUT2D eigenvalue weighted by atomic mass is 32.2. The van der Waals surface area contributed by atoms with Gasteiger partial charge in [0.15, 0.2) is 21.5 Å². The minimum absolute atomic E-state index is 0.102. The fraction of sp³-hybridized carbons (Fsp3) is 0.286. The van der Waals surface area contributed by atoms with Gasteiger partial charge in [-0.3, -0.25) is 4.79 Å². The quantitative estimate of drug-likeness (QED) is 0.657. The van der Waals surface area contributed by atoms with Gasteiger partial charge in [-0.15, -0.1) is 11.3 Å². The first-order valence-corrected chi connectivity index (χ1v) is 9.20. The molecule has 0 aliphatic carbocycles. The highest BCUT2D eigenvalue weighted by Gasteiger charge is 2.33. The molecule has 2 aromatic rings. The Balaban J connectivity index is 2.02. The summed E-state index contributed by atoms with van der Waals surface area (Å²) in [7, 11) is -2.69. The van der Waals surface area contributed by atoms with Crippen LogP contribution in [0.1, 0.15) is 24.1 Å². The van der Waals surface area contributed by atoms with E-state index in [1.54, 1.807) is 31.2 Å². The van der Waals surface area contributed by atoms with E-state index < -0.39 is 40.3 Å². The minimum Gasteiger partial charge on any atom is -0.342 e. The van der Waals surface area contributed by atoms with E-state index in [1.807, 2.05) is 0 Å². The van der Waals surface area contributed by atoms with E-state index in [-0.39, 0.29) is 5.13 Å². The Kier molecular flexibility index (Phi) is 6.01. The van der Waals surface area contributed by atoms with Crippen LogP contribution in [0.4, 0.5) is 24.0 Å². The van der Waals surface area contributed by atoms with Gasteiger partial charge in [0.1, 0.15) is 5.88 Å². The zero-order chi connectivity index (χ0) is 18.6. The minimum atomic E-state index is -4.49. The number of carbonyl (C=O) groups excluding carboxylic acids is 1. The Morgan fingerprint density at radius 1 is 1.28 bits per heavy atom. The summed E-state index contributed by atoms with van der Waals surface area (Å²) in [6.07, 6.45) is -4.49. The fourth-order valence-electron chi connectivity index (χ4n) is 1.89. The van der Waals surface area contributed by atoms with Gasteiger partial charge in [0, 0.05) is 11.1 Å². The van der Waals surface area contributed by atoms with E-state index in [1.165, 1.54) is 0 Å². The van der Waals surface area contributed by atoms with Crippen LogP contribution in [0.2, 0.25) is 0 Å². The summed E-state index contributed by atoms with van der Waals surface area (Å²) in [4.78, 5) is 15.3. The smallest absolute Gasteiger partial charge is 0.342 e. The van der Waals surface area contributed by atoms with Crippen molar-refractivity contribution in [3.8, 4) is 0 Å². The topological polar surface area (TPSA) is 88.2 Å². The van der Waals surface area contributed by atoms with Crippen molar-refractivity contribution in [3.05, 3.63) is 40.9 Å². The molecule has 25 heavy (non-hydrogen) atoms. The van der Waals surface area contributed by atoms with Crippen LogP contribution in [0.25, 0.3) is 0 Å². The second-order valence-electron chi connectivity index (χ2n) is 5.04. The van der Waals surface area contributed by atoms with Gasteiger partial charge in [0.05, 0.1) is 5.92 Å². The van der Waals surface area contributed by atoms with Gasteiger partial charge in [0.2, 0.25) is 5.91 Å². The Morgan fingerprint density at radius 3 is 2.44 bits per heavy atom. The number of thiol groups is 1. The SMILES string of the molecule is CC(C(=O)NC[SH](=O)=O)c1ccc(Nc2nc(C(F)(F)F)cs2)cc1. The van der Waals surface area contributed by atoms with Crippen LogP contribution in [-0.4, -0.2) is 25.2 Å². The predicted molar refractivity (Wildman–Crippen MR) is 88.6 cm³/mol. The Labute approximate surface area is 147 Å². The van der Waals surface area contributed by atoms with Crippen LogP contribution in [0.5, 0.6) is 0 Å². The van der Waals surface area contributed by atoms with E-state index in [4.69, 9.17) is 0 Å². The van der Waals surface area contributed by atoms with E-state index in [9.17, 15) is 26.4 Å². The molecule has 0 aliphatic rings. The largest absolute Gasteiger partial charge is 0.434 e. The molecule has 6 nitrogen and oxygen atoms in total. The van der Waals surface area contributed by atoms with Crippen molar-refractivity contribution in [2.45, 2.75) is 19.0 Å². The third kappa shape index (κ3) is 5.43. The number of amides is 1. The van der Waals surface area contributed by atoms with Crippen LogP contribution in [0.3, 0.4) is 0 Å². The molecule has 1 amide bonds. The summed E-state index contributed by atoms with van der Waals surface area (Å²) in [6.45, 7) is 1.62. The van der Waals surface area contributed by atoms with Gasteiger partial charge in [-0.2, -0.15) is 13.2 Å². The first kappa shape index (κ1) is 19.2. The average Bonchev–Trinajstić information content (AvgIpc) is 3.01. The number of alkyl halides is 3. The number of carbonyl (C=O) groups is 1. The Morgan fingerprint density at radius 2 is 1.92 bits per heavy atom. The number of thiazole rings is 1. The molecular formula is C14H14F3N3O3S2. The maximum absolute atomic E-state index is 12.5. The Bertz CT molecular complexity index is 809. The molecule has 0 saturated carbocycles. The van der Waals surface area contributed by atoms with Crippen molar-refractivity contribution >= 4 is 38.8 Å². The number of rotatable bonds is 6. The number of anilines is 2. The lowest BCUT2D eigenvalue weighted by Gasteiger charge is -2.12. The number of hydrogen-bond donors (Lipinski definition) is 3. The van der Waals surface area contributed by atoms with Crippen molar-refractivity contribution in [1.82, 2.24) is 10.3 Å². The van der Waals surface area contributed by atoms with Crippen LogP contribution >= 0.6 is 11.3 Å². The molecule has 1 heterocycles. The lowest BCUT2D eigenvalue weighted by Crippen LogP contribution is -2.29.